The summed E-state index contributed by atoms with van der Waals surface area (Å²) in [6.07, 6.45) is 1.09. The lowest BCUT2D eigenvalue weighted by Gasteiger charge is -2.09. The second-order valence-corrected chi connectivity index (χ2v) is 3.82. The van der Waals surface area contributed by atoms with Gasteiger partial charge in [0.25, 0.3) is 0 Å². The van der Waals surface area contributed by atoms with E-state index < -0.39 is 0 Å². The standard InChI is InChI=1S/C9H16N2S/c1-3-10-5-8(2)4-9-6-12-7-11-9/h6-8,10H,3-5H2,1-2H3. The summed E-state index contributed by atoms with van der Waals surface area (Å²) in [4.78, 5) is 4.26. The van der Waals surface area contributed by atoms with Crippen LogP contribution in [-0.4, -0.2) is 18.1 Å². The van der Waals surface area contributed by atoms with Crippen molar-refractivity contribution in [2.75, 3.05) is 13.1 Å². The highest BCUT2D eigenvalue weighted by Crippen LogP contribution is 2.07. The molecule has 12 heavy (non-hydrogen) atoms. The Morgan fingerprint density at radius 1 is 1.67 bits per heavy atom. The lowest BCUT2D eigenvalue weighted by atomic mass is 10.1. The summed E-state index contributed by atoms with van der Waals surface area (Å²) in [5.41, 5.74) is 3.13. The average molecular weight is 184 g/mol. The molecule has 2 nitrogen and oxygen atoms in total. The van der Waals surface area contributed by atoms with E-state index in [4.69, 9.17) is 0 Å². The molecule has 0 saturated carbocycles. The summed E-state index contributed by atoms with van der Waals surface area (Å²) < 4.78 is 0. The SMILES string of the molecule is CCNCC(C)Cc1cscn1. The summed E-state index contributed by atoms with van der Waals surface area (Å²) in [5.74, 6) is 0.687. The van der Waals surface area contributed by atoms with Gasteiger partial charge in [0.05, 0.1) is 11.2 Å². The minimum absolute atomic E-state index is 0.687. The molecule has 0 aliphatic carbocycles. The first-order valence-electron chi connectivity index (χ1n) is 4.40. The molecule has 1 N–H and O–H groups in total. The highest BCUT2D eigenvalue weighted by atomic mass is 32.1. The fourth-order valence-electron chi connectivity index (χ4n) is 1.16. The van der Waals surface area contributed by atoms with Crippen molar-refractivity contribution >= 4 is 11.3 Å². The van der Waals surface area contributed by atoms with Gasteiger partial charge in [-0.3, -0.25) is 0 Å². The number of aromatic nitrogens is 1. The van der Waals surface area contributed by atoms with Crippen molar-refractivity contribution in [3.8, 4) is 0 Å². The van der Waals surface area contributed by atoms with Gasteiger partial charge < -0.3 is 5.32 Å². The van der Waals surface area contributed by atoms with Gasteiger partial charge >= 0.3 is 0 Å². The molecule has 0 bridgehead atoms. The van der Waals surface area contributed by atoms with Gasteiger partial charge in [-0.15, -0.1) is 11.3 Å². The van der Waals surface area contributed by atoms with Crippen LogP contribution in [0.1, 0.15) is 19.5 Å². The number of hydrogen-bond donors (Lipinski definition) is 1. The number of thiazole rings is 1. The Morgan fingerprint density at radius 3 is 3.08 bits per heavy atom. The van der Waals surface area contributed by atoms with Gasteiger partial charge in [0.1, 0.15) is 0 Å². The summed E-state index contributed by atoms with van der Waals surface area (Å²) >= 11 is 1.67. The van der Waals surface area contributed by atoms with Crippen LogP contribution in [0.2, 0.25) is 0 Å². The van der Waals surface area contributed by atoms with E-state index in [1.54, 1.807) is 11.3 Å². The molecule has 1 aromatic rings. The third-order valence-corrected chi connectivity index (χ3v) is 2.42. The zero-order valence-corrected chi connectivity index (χ0v) is 8.53. The van der Waals surface area contributed by atoms with Crippen LogP contribution in [0.3, 0.4) is 0 Å². The quantitative estimate of drug-likeness (QED) is 0.756. The topological polar surface area (TPSA) is 24.9 Å². The first kappa shape index (κ1) is 9.68. The summed E-state index contributed by atoms with van der Waals surface area (Å²) in [7, 11) is 0. The normalized spacial score (nSPS) is 13.2. The highest BCUT2D eigenvalue weighted by molar-refractivity contribution is 7.07. The van der Waals surface area contributed by atoms with Crippen LogP contribution in [-0.2, 0) is 6.42 Å². The molecule has 1 rings (SSSR count). The fraction of sp³-hybridized carbons (Fsp3) is 0.667. The van der Waals surface area contributed by atoms with Gasteiger partial charge in [-0.2, -0.15) is 0 Å². The Labute approximate surface area is 78.0 Å². The number of hydrogen-bond acceptors (Lipinski definition) is 3. The monoisotopic (exact) mass is 184 g/mol. The van der Waals surface area contributed by atoms with E-state index in [2.05, 4.69) is 29.5 Å². The van der Waals surface area contributed by atoms with Gasteiger partial charge in [0.2, 0.25) is 0 Å². The lowest BCUT2D eigenvalue weighted by Crippen LogP contribution is -2.21. The van der Waals surface area contributed by atoms with Crippen LogP contribution >= 0.6 is 11.3 Å². The Hall–Kier alpha value is -0.410. The Kier molecular flexibility index (Phi) is 4.25. The van der Waals surface area contributed by atoms with E-state index in [9.17, 15) is 0 Å². The summed E-state index contributed by atoms with van der Waals surface area (Å²) in [6.45, 7) is 6.53. The second kappa shape index (κ2) is 5.27. The van der Waals surface area contributed by atoms with Crippen molar-refractivity contribution in [2.24, 2.45) is 5.92 Å². The van der Waals surface area contributed by atoms with Gasteiger partial charge in [-0.1, -0.05) is 13.8 Å². The second-order valence-electron chi connectivity index (χ2n) is 3.10. The van der Waals surface area contributed by atoms with Gasteiger partial charge in [0.15, 0.2) is 0 Å². The molecule has 0 aliphatic rings. The van der Waals surface area contributed by atoms with E-state index in [-0.39, 0.29) is 0 Å². The molecule has 0 radical (unpaired) electrons. The van der Waals surface area contributed by atoms with Crippen molar-refractivity contribution < 1.29 is 0 Å². The zero-order chi connectivity index (χ0) is 8.81. The first-order valence-corrected chi connectivity index (χ1v) is 5.35. The molecule has 68 valence electrons. The molecule has 1 heterocycles. The van der Waals surface area contributed by atoms with Crippen molar-refractivity contribution in [3.63, 3.8) is 0 Å². The van der Waals surface area contributed by atoms with Crippen LogP contribution in [0, 0.1) is 5.92 Å². The smallest absolute Gasteiger partial charge is 0.0794 e. The maximum absolute atomic E-state index is 4.26. The molecule has 1 atom stereocenters. The lowest BCUT2D eigenvalue weighted by molar-refractivity contribution is 0.517. The molecular weight excluding hydrogens is 168 g/mol. The largest absolute Gasteiger partial charge is 0.317 e. The van der Waals surface area contributed by atoms with E-state index in [0.29, 0.717) is 5.92 Å². The molecule has 0 aliphatic heterocycles. The van der Waals surface area contributed by atoms with Gasteiger partial charge in [-0.25, -0.2) is 4.98 Å². The van der Waals surface area contributed by atoms with Gasteiger partial charge in [-0.05, 0) is 25.4 Å². The average Bonchev–Trinajstić information content (AvgIpc) is 2.53. The summed E-state index contributed by atoms with van der Waals surface area (Å²) in [6, 6.07) is 0. The Balaban J connectivity index is 2.22. The predicted octanol–water partition coefficient (Wildman–Crippen LogP) is 1.93. The Morgan fingerprint density at radius 2 is 2.50 bits per heavy atom. The maximum Gasteiger partial charge on any atom is 0.0794 e. The van der Waals surface area contributed by atoms with Crippen molar-refractivity contribution in [1.82, 2.24) is 10.3 Å². The molecule has 1 aromatic heterocycles. The Bertz CT molecular complexity index is 196. The molecule has 0 spiro atoms. The molecule has 3 heteroatoms. The molecular formula is C9H16N2S. The number of nitrogens with zero attached hydrogens (tertiary/aromatic N) is 1. The van der Waals surface area contributed by atoms with Crippen LogP contribution in [0.5, 0.6) is 0 Å². The molecule has 0 fully saturated rings. The summed E-state index contributed by atoms with van der Waals surface area (Å²) in [5, 5.41) is 5.46. The van der Waals surface area contributed by atoms with Crippen LogP contribution in [0.4, 0.5) is 0 Å². The molecule has 1 unspecified atom stereocenters. The number of nitrogens with one attached hydrogen (secondary N) is 1. The van der Waals surface area contributed by atoms with Crippen molar-refractivity contribution in [3.05, 3.63) is 16.6 Å². The van der Waals surface area contributed by atoms with E-state index in [1.807, 2.05) is 5.51 Å². The third-order valence-electron chi connectivity index (χ3n) is 1.78. The fourth-order valence-corrected chi connectivity index (χ4v) is 1.73. The van der Waals surface area contributed by atoms with E-state index >= 15 is 0 Å². The van der Waals surface area contributed by atoms with Crippen LogP contribution in [0.15, 0.2) is 10.9 Å². The maximum atomic E-state index is 4.26. The minimum Gasteiger partial charge on any atom is -0.317 e. The minimum atomic E-state index is 0.687. The molecule has 0 aromatic carbocycles. The highest BCUT2D eigenvalue weighted by Gasteiger charge is 2.03. The van der Waals surface area contributed by atoms with Gasteiger partial charge in [0, 0.05) is 5.38 Å². The van der Waals surface area contributed by atoms with Crippen molar-refractivity contribution in [1.29, 1.82) is 0 Å². The first-order chi connectivity index (χ1) is 5.83. The van der Waals surface area contributed by atoms with E-state index in [1.165, 1.54) is 5.69 Å². The number of rotatable bonds is 5. The van der Waals surface area contributed by atoms with Crippen LogP contribution < -0.4 is 5.32 Å². The van der Waals surface area contributed by atoms with Crippen molar-refractivity contribution in [2.45, 2.75) is 20.3 Å². The third kappa shape index (κ3) is 3.32. The molecule has 0 saturated heterocycles. The molecule has 0 amide bonds. The predicted molar refractivity (Wildman–Crippen MR) is 53.5 cm³/mol. The van der Waals surface area contributed by atoms with Crippen LogP contribution in [0.25, 0.3) is 0 Å². The van der Waals surface area contributed by atoms with E-state index in [0.717, 1.165) is 19.5 Å². The zero-order valence-electron chi connectivity index (χ0n) is 7.71.